The number of hydrogen-bond acceptors (Lipinski definition) is 1. The van der Waals surface area contributed by atoms with Gasteiger partial charge in [0, 0.05) is 5.02 Å². The predicted octanol–water partition coefficient (Wildman–Crippen LogP) is 3.51. The standard InChI is InChI=1S/C11H12ClN/c1-11(2,3)10-6-9(12)5-4-8(10)7-13/h4-6H,1-3H3. The second kappa shape index (κ2) is 3.40. The molecule has 1 aromatic rings. The molecule has 0 aliphatic heterocycles. The minimum atomic E-state index is -0.0318. The van der Waals surface area contributed by atoms with E-state index in [9.17, 15) is 0 Å². The van der Waals surface area contributed by atoms with Crippen LogP contribution in [0.15, 0.2) is 18.2 Å². The minimum Gasteiger partial charge on any atom is -0.192 e. The Morgan fingerprint density at radius 2 is 1.92 bits per heavy atom. The van der Waals surface area contributed by atoms with Crippen molar-refractivity contribution in [3.8, 4) is 6.07 Å². The van der Waals surface area contributed by atoms with Crippen LogP contribution in [0.3, 0.4) is 0 Å². The van der Waals surface area contributed by atoms with Gasteiger partial charge in [0.25, 0.3) is 0 Å². The van der Waals surface area contributed by atoms with Crippen LogP contribution in [0.4, 0.5) is 0 Å². The van der Waals surface area contributed by atoms with Gasteiger partial charge in [-0.1, -0.05) is 32.4 Å². The smallest absolute Gasteiger partial charge is 0.0994 e. The Kier molecular flexibility index (Phi) is 2.63. The lowest BCUT2D eigenvalue weighted by Crippen LogP contribution is -2.13. The quantitative estimate of drug-likeness (QED) is 0.619. The zero-order valence-electron chi connectivity index (χ0n) is 8.06. The van der Waals surface area contributed by atoms with Crippen molar-refractivity contribution in [3.63, 3.8) is 0 Å². The number of benzene rings is 1. The van der Waals surface area contributed by atoms with Gasteiger partial charge in [-0.15, -0.1) is 0 Å². The molecule has 0 atom stereocenters. The first-order valence-electron chi connectivity index (χ1n) is 4.15. The van der Waals surface area contributed by atoms with Crippen LogP contribution >= 0.6 is 11.6 Å². The van der Waals surface area contributed by atoms with E-state index in [2.05, 4.69) is 26.8 Å². The van der Waals surface area contributed by atoms with Crippen LogP contribution in [0.1, 0.15) is 31.9 Å². The van der Waals surface area contributed by atoms with Crippen LogP contribution in [0.2, 0.25) is 5.02 Å². The SMILES string of the molecule is CC(C)(C)c1cc(Cl)ccc1C#N. The second-order valence-corrected chi connectivity index (χ2v) is 4.49. The topological polar surface area (TPSA) is 23.8 Å². The van der Waals surface area contributed by atoms with Crippen LogP contribution in [0, 0.1) is 11.3 Å². The van der Waals surface area contributed by atoms with E-state index in [-0.39, 0.29) is 5.41 Å². The molecule has 0 unspecified atom stereocenters. The molecule has 0 amide bonds. The molecule has 0 fully saturated rings. The maximum absolute atomic E-state index is 8.88. The number of rotatable bonds is 0. The van der Waals surface area contributed by atoms with Crippen LogP contribution < -0.4 is 0 Å². The van der Waals surface area contributed by atoms with Gasteiger partial charge in [-0.25, -0.2) is 0 Å². The summed E-state index contributed by atoms with van der Waals surface area (Å²) in [6.45, 7) is 6.21. The monoisotopic (exact) mass is 193 g/mol. The molecule has 0 saturated heterocycles. The largest absolute Gasteiger partial charge is 0.192 e. The third-order valence-electron chi connectivity index (χ3n) is 1.91. The number of halogens is 1. The first-order chi connectivity index (χ1) is 5.95. The van der Waals surface area contributed by atoms with Gasteiger partial charge in [-0.3, -0.25) is 0 Å². The van der Waals surface area contributed by atoms with Crippen molar-refractivity contribution in [1.29, 1.82) is 5.26 Å². The highest BCUT2D eigenvalue weighted by Gasteiger charge is 2.17. The summed E-state index contributed by atoms with van der Waals surface area (Å²) in [7, 11) is 0. The van der Waals surface area contributed by atoms with E-state index in [0.29, 0.717) is 10.6 Å². The van der Waals surface area contributed by atoms with Crippen LogP contribution in [-0.4, -0.2) is 0 Å². The first-order valence-corrected chi connectivity index (χ1v) is 4.53. The average Bonchev–Trinajstić information content (AvgIpc) is 2.03. The Bertz CT molecular complexity index is 355. The summed E-state index contributed by atoms with van der Waals surface area (Å²) >= 11 is 5.87. The lowest BCUT2D eigenvalue weighted by molar-refractivity contribution is 0.588. The molecule has 0 radical (unpaired) electrons. The third-order valence-corrected chi connectivity index (χ3v) is 2.15. The molecule has 0 bridgehead atoms. The Balaban J connectivity index is 3.35. The average molecular weight is 194 g/mol. The molecule has 13 heavy (non-hydrogen) atoms. The fraction of sp³-hybridized carbons (Fsp3) is 0.364. The maximum atomic E-state index is 8.88. The first kappa shape index (κ1) is 10.1. The third kappa shape index (κ3) is 2.23. The van der Waals surface area contributed by atoms with Gasteiger partial charge in [0.05, 0.1) is 11.6 Å². The number of nitriles is 1. The highest BCUT2D eigenvalue weighted by Crippen LogP contribution is 2.27. The normalized spacial score (nSPS) is 11.0. The summed E-state index contributed by atoms with van der Waals surface area (Å²) in [4.78, 5) is 0. The van der Waals surface area contributed by atoms with Gasteiger partial charge < -0.3 is 0 Å². The van der Waals surface area contributed by atoms with Crippen molar-refractivity contribution < 1.29 is 0 Å². The molecule has 68 valence electrons. The van der Waals surface area contributed by atoms with E-state index < -0.39 is 0 Å². The van der Waals surface area contributed by atoms with Gasteiger partial charge >= 0.3 is 0 Å². The van der Waals surface area contributed by atoms with E-state index in [1.165, 1.54) is 0 Å². The molecule has 0 spiro atoms. The summed E-state index contributed by atoms with van der Waals surface area (Å²) in [5.74, 6) is 0. The number of hydrogen-bond donors (Lipinski definition) is 0. The molecule has 1 nitrogen and oxygen atoms in total. The predicted molar refractivity (Wildman–Crippen MR) is 54.9 cm³/mol. The summed E-state index contributed by atoms with van der Waals surface area (Å²) in [5.41, 5.74) is 1.68. The van der Waals surface area contributed by atoms with Gasteiger partial charge in [-0.2, -0.15) is 5.26 Å². The van der Waals surface area contributed by atoms with Gasteiger partial charge in [0.1, 0.15) is 0 Å². The molecule has 0 saturated carbocycles. The molecule has 0 aromatic heterocycles. The zero-order valence-corrected chi connectivity index (χ0v) is 8.81. The van der Waals surface area contributed by atoms with Crippen molar-refractivity contribution in [2.45, 2.75) is 26.2 Å². The molecule has 0 heterocycles. The summed E-state index contributed by atoms with van der Waals surface area (Å²) in [6.07, 6.45) is 0. The van der Waals surface area contributed by atoms with Gasteiger partial charge in [0.2, 0.25) is 0 Å². The molecule has 0 aliphatic carbocycles. The Labute approximate surface area is 84.0 Å². The van der Waals surface area contributed by atoms with E-state index in [1.54, 1.807) is 12.1 Å². The lowest BCUT2D eigenvalue weighted by Gasteiger charge is -2.20. The van der Waals surface area contributed by atoms with E-state index >= 15 is 0 Å². The van der Waals surface area contributed by atoms with Crippen LogP contribution in [0.25, 0.3) is 0 Å². The number of nitrogens with zero attached hydrogens (tertiary/aromatic N) is 1. The molecule has 2 heteroatoms. The highest BCUT2D eigenvalue weighted by molar-refractivity contribution is 6.30. The van der Waals surface area contributed by atoms with Crippen molar-refractivity contribution in [2.24, 2.45) is 0 Å². The van der Waals surface area contributed by atoms with E-state index in [1.807, 2.05) is 6.07 Å². The Hall–Kier alpha value is -1.00. The van der Waals surface area contributed by atoms with Gasteiger partial charge in [-0.05, 0) is 29.2 Å². The second-order valence-electron chi connectivity index (χ2n) is 4.05. The molecule has 0 N–H and O–H groups in total. The summed E-state index contributed by atoms with van der Waals surface area (Å²) in [5, 5.41) is 9.56. The van der Waals surface area contributed by atoms with E-state index in [0.717, 1.165) is 5.56 Å². The Morgan fingerprint density at radius 1 is 1.31 bits per heavy atom. The van der Waals surface area contributed by atoms with Crippen LogP contribution in [-0.2, 0) is 5.41 Å². The lowest BCUT2D eigenvalue weighted by atomic mass is 9.84. The van der Waals surface area contributed by atoms with Crippen molar-refractivity contribution in [2.75, 3.05) is 0 Å². The zero-order chi connectivity index (χ0) is 10.1. The van der Waals surface area contributed by atoms with E-state index in [4.69, 9.17) is 16.9 Å². The fourth-order valence-corrected chi connectivity index (χ4v) is 1.41. The molecular weight excluding hydrogens is 182 g/mol. The molecule has 0 aliphatic rings. The molecular formula is C11H12ClN. The maximum Gasteiger partial charge on any atom is 0.0994 e. The Morgan fingerprint density at radius 3 is 2.38 bits per heavy atom. The minimum absolute atomic E-state index is 0.0318. The molecule has 1 aromatic carbocycles. The molecule has 1 rings (SSSR count). The summed E-state index contributed by atoms with van der Waals surface area (Å²) in [6, 6.07) is 7.54. The van der Waals surface area contributed by atoms with Crippen molar-refractivity contribution in [3.05, 3.63) is 34.3 Å². The van der Waals surface area contributed by atoms with Gasteiger partial charge in [0.15, 0.2) is 0 Å². The van der Waals surface area contributed by atoms with Crippen LogP contribution in [0.5, 0.6) is 0 Å². The fourth-order valence-electron chi connectivity index (χ4n) is 1.23. The van der Waals surface area contributed by atoms with Crippen molar-refractivity contribution >= 4 is 11.6 Å². The van der Waals surface area contributed by atoms with Crippen molar-refractivity contribution in [1.82, 2.24) is 0 Å². The highest BCUT2D eigenvalue weighted by atomic mass is 35.5. The summed E-state index contributed by atoms with van der Waals surface area (Å²) < 4.78 is 0.